The van der Waals surface area contributed by atoms with E-state index in [1.807, 2.05) is 30.3 Å². The lowest BCUT2D eigenvalue weighted by Crippen LogP contribution is -2.48. The van der Waals surface area contributed by atoms with E-state index < -0.39 is 6.10 Å². The third-order valence-electron chi connectivity index (χ3n) is 3.50. The van der Waals surface area contributed by atoms with Crippen LogP contribution in [-0.2, 0) is 4.74 Å². The van der Waals surface area contributed by atoms with E-state index >= 15 is 0 Å². The van der Waals surface area contributed by atoms with Crippen molar-refractivity contribution < 1.29 is 9.84 Å². The number of hydrogen-bond acceptors (Lipinski definition) is 3. The van der Waals surface area contributed by atoms with Gasteiger partial charge in [-0.05, 0) is 25.3 Å². The van der Waals surface area contributed by atoms with Gasteiger partial charge in [-0.2, -0.15) is 0 Å². The second kappa shape index (κ2) is 5.63. The summed E-state index contributed by atoms with van der Waals surface area (Å²) in [6.07, 6.45) is 1.58. The van der Waals surface area contributed by atoms with E-state index in [1.165, 1.54) is 0 Å². The lowest BCUT2D eigenvalue weighted by Gasteiger charge is -2.35. The van der Waals surface area contributed by atoms with Crippen molar-refractivity contribution in [3.05, 3.63) is 35.9 Å². The number of nitrogens with one attached hydrogen (secondary N) is 1. The molecule has 1 aliphatic heterocycles. The molecule has 0 aliphatic carbocycles. The van der Waals surface area contributed by atoms with Crippen molar-refractivity contribution in [2.45, 2.75) is 31.4 Å². The number of ether oxygens (including phenoxy) is 1. The SMILES string of the molecule is CC1(NCC(O)c2ccccc2)CCOCC1. The van der Waals surface area contributed by atoms with Crippen LogP contribution in [0.3, 0.4) is 0 Å². The van der Waals surface area contributed by atoms with E-state index in [0.29, 0.717) is 6.54 Å². The minimum atomic E-state index is -0.434. The fourth-order valence-electron chi connectivity index (χ4n) is 2.13. The summed E-state index contributed by atoms with van der Waals surface area (Å²) in [4.78, 5) is 0. The summed E-state index contributed by atoms with van der Waals surface area (Å²) < 4.78 is 5.35. The van der Waals surface area contributed by atoms with Crippen molar-refractivity contribution in [2.75, 3.05) is 19.8 Å². The molecular formula is C14H21NO2. The fourth-order valence-corrected chi connectivity index (χ4v) is 2.13. The first-order valence-corrected chi connectivity index (χ1v) is 6.25. The standard InChI is InChI=1S/C14H21NO2/c1-14(7-9-17-10-8-14)15-11-13(16)12-5-3-2-4-6-12/h2-6,13,15-16H,7-11H2,1H3. The van der Waals surface area contributed by atoms with Crippen LogP contribution in [0.25, 0.3) is 0 Å². The van der Waals surface area contributed by atoms with Crippen molar-refractivity contribution in [3.8, 4) is 0 Å². The van der Waals surface area contributed by atoms with Gasteiger partial charge < -0.3 is 15.2 Å². The molecule has 94 valence electrons. The van der Waals surface area contributed by atoms with Gasteiger partial charge in [0, 0.05) is 25.3 Å². The summed E-state index contributed by atoms with van der Waals surface area (Å²) in [6.45, 7) is 4.42. The number of aliphatic hydroxyl groups is 1. The number of rotatable bonds is 4. The van der Waals surface area contributed by atoms with Crippen LogP contribution >= 0.6 is 0 Å². The highest BCUT2D eigenvalue weighted by atomic mass is 16.5. The second-order valence-electron chi connectivity index (χ2n) is 4.98. The summed E-state index contributed by atoms with van der Waals surface area (Å²) in [7, 11) is 0. The summed E-state index contributed by atoms with van der Waals surface area (Å²) in [5, 5.41) is 13.5. The Morgan fingerprint density at radius 2 is 1.94 bits per heavy atom. The zero-order valence-electron chi connectivity index (χ0n) is 10.4. The van der Waals surface area contributed by atoms with Crippen LogP contribution < -0.4 is 5.32 Å². The van der Waals surface area contributed by atoms with E-state index in [0.717, 1.165) is 31.6 Å². The van der Waals surface area contributed by atoms with E-state index in [9.17, 15) is 5.11 Å². The first-order valence-electron chi connectivity index (χ1n) is 6.25. The van der Waals surface area contributed by atoms with Gasteiger partial charge in [-0.3, -0.25) is 0 Å². The summed E-state index contributed by atoms with van der Waals surface area (Å²) >= 11 is 0. The zero-order chi connectivity index (χ0) is 12.1. The summed E-state index contributed by atoms with van der Waals surface area (Å²) in [5.74, 6) is 0. The third kappa shape index (κ3) is 3.53. The molecule has 0 bridgehead atoms. The van der Waals surface area contributed by atoms with Gasteiger partial charge in [0.2, 0.25) is 0 Å². The van der Waals surface area contributed by atoms with Crippen LogP contribution in [-0.4, -0.2) is 30.4 Å². The Bertz CT molecular complexity index is 333. The molecule has 0 radical (unpaired) electrons. The molecule has 3 nitrogen and oxygen atoms in total. The molecule has 2 N–H and O–H groups in total. The summed E-state index contributed by atoms with van der Waals surface area (Å²) in [5.41, 5.74) is 1.07. The Hall–Kier alpha value is -0.900. The molecule has 1 aliphatic rings. The first kappa shape index (κ1) is 12.6. The lowest BCUT2D eigenvalue weighted by molar-refractivity contribution is 0.0388. The maximum absolute atomic E-state index is 10.1. The Balaban J connectivity index is 1.85. The van der Waals surface area contributed by atoms with Crippen molar-refractivity contribution in [1.82, 2.24) is 5.32 Å². The van der Waals surface area contributed by atoms with Gasteiger partial charge in [0.1, 0.15) is 0 Å². The number of aliphatic hydroxyl groups excluding tert-OH is 1. The van der Waals surface area contributed by atoms with Crippen LogP contribution in [0.1, 0.15) is 31.4 Å². The largest absolute Gasteiger partial charge is 0.387 e. The van der Waals surface area contributed by atoms with Gasteiger partial charge in [-0.15, -0.1) is 0 Å². The van der Waals surface area contributed by atoms with Crippen molar-refractivity contribution in [2.24, 2.45) is 0 Å². The molecule has 0 aromatic heterocycles. The van der Waals surface area contributed by atoms with Crippen LogP contribution in [0, 0.1) is 0 Å². The monoisotopic (exact) mass is 235 g/mol. The molecule has 1 heterocycles. The Labute approximate surface area is 103 Å². The Morgan fingerprint density at radius 3 is 2.59 bits per heavy atom. The molecule has 3 heteroatoms. The Morgan fingerprint density at radius 1 is 1.29 bits per heavy atom. The van der Waals surface area contributed by atoms with Crippen molar-refractivity contribution in [3.63, 3.8) is 0 Å². The van der Waals surface area contributed by atoms with Crippen molar-refractivity contribution >= 4 is 0 Å². The normalized spacial score (nSPS) is 21.1. The van der Waals surface area contributed by atoms with E-state index in [-0.39, 0.29) is 5.54 Å². The predicted octanol–water partition coefficient (Wildman–Crippen LogP) is 1.88. The van der Waals surface area contributed by atoms with Crippen molar-refractivity contribution in [1.29, 1.82) is 0 Å². The molecule has 17 heavy (non-hydrogen) atoms. The van der Waals surface area contributed by atoms with E-state index in [2.05, 4.69) is 12.2 Å². The van der Waals surface area contributed by atoms with Crippen LogP contribution in [0.15, 0.2) is 30.3 Å². The van der Waals surface area contributed by atoms with Gasteiger partial charge in [-0.25, -0.2) is 0 Å². The molecule has 2 rings (SSSR count). The molecule has 0 spiro atoms. The molecule has 0 amide bonds. The molecule has 1 fully saturated rings. The number of β-amino-alcohol motifs (C(OH)–C–C–N with tert-alkyl or cyclic N) is 1. The highest BCUT2D eigenvalue weighted by Crippen LogP contribution is 2.21. The molecule has 1 aromatic rings. The van der Waals surface area contributed by atoms with Gasteiger partial charge in [0.25, 0.3) is 0 Å². The van der Waals surface area contributed by atoms with Gasteiger partial charge >= 0.3 is 0 Å². The lowest BCUT2D eigenvalue weighted by atomic mass is 9.92. The molecule has 1 saturated heterocycles. The zero-order valence-corrected chi connectivity index (χ0v) is 10.4. The van der Waals surface area contributed by atoms with E-state index in [4.69, 9.17) is 4.74 Å². The average Bonchev–Trinajstić information content (AvgIpc) is 2.38. The van der Waals surface area contributed by atoms with Gasteiger partial charge in [0.15, 0.2) is 0 Å². The molecule has 1 aromatic carbocycles. The molecule has 1 unspecified atom stereocenters. The highest BCUT2D eigenvalue weighted by molar-refractivity contribution is 5.17. The average molecular weight is 235 g/mol. The minimum Gasteiger partial charge on any atom is -0.387 e. The number of hydrogen-bond donors (Lipinski definition) is 2. The van der Waals surface area contributed by atoms with Crippen LogP contribution in [0.2, 0.25) is 0 Å². The molecule has 1 atom stereocenters. The Kier molecular flexibility index (Phi) is 4.15. The smallest absolute Gasteiger partial charge is 0.0914 e. The fraction of sp³-hybridized carbons (Fsp3) is 0.571. The highest BCUT2D eigenvalue weighted by Gasteiger charge is 2.27. The number of benzene rings is 1. The quantitative estimate of drug-likeness (QED) is 0.837. The van der Waals surface area contributed by atoms with Crippen LogP contribution in [0.5, 0.6) is 0 Å². The van der Waals surface area contributed by atoms with Gasteiger partial charge in [-0.1, -0.05) is 30.3 Å². The van der Waals surface area contributed by atoms with Gasteiger partial charge in [0.05, 0.1) is 6.10 Å². The summed E-state index contributed by atoms with van der Waals surface area (Å²) in [6, 6.07) is 9.78. The third-order valence-corrected chi connectivity index (χ3v) is 3.50. The second-order valence-corrected chi connectivity index (χ2v) is 4.98. The molecular weight excluding hydrogens is 214 g/mol. The van der Waals surface area contributed by atoms with E-state index in [1.54, 1.807) is 0 Å². The maximum atomic E-state index is 10.1. The maximum Gasteiger partial charge on any atom is 0.0914 e. The molecule has 0 saturated carbocycles. The predicted molar refractivity (Wildman–Crippen MR) is 67.9 cm³/mol. The topological polar surface area (TPSA) is 41.5 Å². The first-order chi connectivity index (χ1) is 8.20. The minimum absolute atomic E-state index is 0.105. The van der Waals surface area contributed by atoms with Crippen LogP contribution in [0.4, 0.5) is 0 Å².